The van der Waals surface area contributed by atoms with E-state index < -0.39 is 10.8 Å². The second-order valence-corrected chi connectivity index (χ2v) is 1.13. The fourth-order valence-corrected chi connectivity index (χ4v) is 0.236. The molecule has 0 radical (unpaired) electrons. The summed E-state index contributed by atoms with van der Waals surface area (Å²) in [6.07, 6.45) is 0.142. The maximum Gasteiger partial charge on any atom is 0.384 e. The molecule has 0 bridgehead atoms. The molecule has 0 saturated heterocycles. The van der Waals surface area contributed by atoms with E-state index in [-0.39, 0.29) is 6.42 Å². The van der Waals surface area contributed by atoms with Crippen LogP contribution in [0.4, 0.5) is 0 Å². The molecule has 0 spiro atoms. The Kier molecular flexibility index (Phi) is 2.53. The van der Waals surface area contributed by atoms with Crippen LogP contribution >= 0.6 is 0 Å². The lowest BCUT2D eigenvalue weighted by Gasteiger charge is -1.87. The van der Waals surface area contributed by atoms with Crippen LogP contribution in [-0.4, -0.2) is 16.0 Å². The van der Waals surface area contributed by atoms with Gasteiger partial charge in [0, 0.05) is 0 Å². The number of hydrogen-bond acceptors (Lipinski definition) is 4. The van der Waals surface area contributed by atoms with Gasteiger partial charge in [-0.2, -0.15) is 0 Å². The lowest BCUT2D eigenvalue weighted by atomic mass is 10.5. The Bertz CT molecular complexity index is 120. The standard InChI is InChI=1S/C3H6N2O3/c1-2-3(4-6)5(7)8/h6H,2H2,1H3/b4-3-. The van der Waals surface area contributed by atoms with E-state index in [2.05, 4.69) is 5.16 Å². The molecule has 0 atom stereocenters. The summed E-state index contributed by atoms with van der Waals surface area (Å²) in [5.41, 5.74) is 0. The van der Waals surface area contributed by atoms with Crippen molar-refractivity contribution in [2.45, 2.75) is 13.3 Å². The van der Waals surface area contributed by atoms with Crippen LogP contribution in [0.3, 0.4) is 0 Å². The molecule has 0 aliphatic heterocycles. The monoisotopic (exact) mass is 118 g/mol. The third-order valence-electron chi connectivity index (χ3n) is 0.642. The SMILES string of the molecule is CC/C(=N/O)[N+](=O)[O-]. The Hall–Kier alpha value is -1.13. The van der Waals surface area contributed by atoms with Crippen molar-refractivity contribution >= 4 is 5.84 Å². The maximum atomic E-state index is 9.68. The quantitative estimate of drug-likeness (QED) is 0.179. The minimum absolute atomic E-state index is 0.142. The van der Waals surface area contributed by atoms with Gasteiger partial charge in [-0.3, -0.25) is 0 Å². The fraction of sp³-hybridized carbons (Fsp3) is 0.667. The highest BCUT2D eigenvalue weighted by Crippen LogP contribution is 1.83. The summed E-state index contributed by atoms with van der Waals surface area (Å²) < 4.78 is 0. The van der Waals surface area contributed by atoms with Crippen LogP contribution in [0, 0.1) is 10.1 Å². The summed E-state index contributed by atoms with van der Waals surface area (Å²) in [6, 6.07) is 0. The molecule has 0 heterocycles. The van der Waals surface area contributed by atoms with Crippen molar-refractivity contribution in [1.29, 1.82) is 0 Å². The van der Waals surface area contributed by atoms with Gasteiger partial charge in [-0.15, -0.1) is 0 Å². The first-order valence-electron chi connectivity index (χ1n) is 2.07. The van der Waals surface area contributed by atoms with E-state index in [1.165, 1.54) is 6.92 Å². The van der Waals surface area contributed by atoms with E-state index in [4.69, 9.17) is 5.21 Å². The molecule has 5 nitrogen and oxygen atoms in total. The highest BCUT2D eigenvalue weighted by Gasteiger charge is 2.06. The van der Waals surface area contributed by atoms with Crippen molar-refractivity contribution in [1.82, 2.24) is 0 Å². The summed E-state index contributed by atoms with van der Waals surface area (Å²) in [5, 5.41) is 19.9. The number of oxime groups is 1. The molecule has 46 valence electrons. The first-order chi connectivity index (χ1) is 3.72. The van der Waals surface area contributed by atoms with Gasteiger partial charge in [0.05, 0.1) is 6.42 Å². The Morgan fingerprint density at radius 1 is 2.00 bits per heavy atom. The Morgan fingerprint density at radius 2 is 2.50 bits per heavy atom. The number of nitrogens with zero attached hydrogens (tertiary/aromatic N) is 2. The highest BCUT2D eigenvalue weighted by atomic mass is 16.6. The average molecular weight is 118 g/mol. The van der Waals surface area contributed by atoms with Gasteiger partial charge >= 0.3 is 5.84 Å². The number of nitro groups is 1. The number of amidine groups is 1. The Labute approximate surface area is 45.8 Å². The summed E-state index contributed by atoms with van der Waals surface area (Å²) in [5.74, 6) is -0.412. The van der Waals surface area contributed by atoms with E-state index >= 15 is 0 Å². The molecule has 0 unspecified atom stereocenters. The predicted molar refractivity (Wildman–Crippen MR) is 26.5 cm³/mol. The van der Waals surface area contributed by atoms with Gasteiger partial charge in [0.1, 0.15) is 5.16 Å². The van der Waals surface area contributed by atoms with Crippen LogP contribution in [0.2, 0.25) is 0 Å². The minimum Gasteiger partial charge on any atom is -0.358 e. The molecule has 1 N–H and O–H groups in total. The van der Waals surface area contributed by atoms with Gasteiger partial charge in [0.2, 0.25) is 0 Å². The molecule has 0 amide bonds. The van der Waals surface area contributed by atoms with Gasteiger partial charge < -0.3 is 15.3 Å². The van der Waals surface area contributed by atoms with Crippen molar-refractivity contribution in [2.75, 3.05) is 0 Å². The predicted octanol–water partition coefficient (Wildman–Crippen LogP) is 0.461. The number of hydrogen-bond donors (Lipinski definition) is 1. The van der Waals surface area contributed by atoms with Crippen molar-refractivity contribution in [3.05, 3.63) is 10.1 Å². The van der Waals surface area contributed by atoms with Crippen LogP contribution in [0.15, 0.2) is 5.16 Å². The van der Waals surface area contributed by atoms with E-state index in [1.807, 2.05) is 0 Å². The normalized spacial score (nSPS) is 11.4. The molecule has 8 heavy (non-hydrogen) atoms. The lowest BCUT2D eigenvalue weighted by Crippen LogP contribution is -2.09. The summed E-state index contributed by atoms with van der Waals surface area (Å²) >= 11 is 0. The molecule has 0 fully saturated rings. The Balaban J connectivity index is 3.92. The molecule has 0 aromatic carbocycles. The summed E-state index contributed by atoms with van der Waals surface area (Å²) in [6.45, 7) is 1.54. The van der Waals surface area contributed by atoms with Crippen molar-refractivity contribution in [2.24, 2.45) is 5.16 Å². The molecular formula is C3H6N2O3. The van der Waals surface area contributed by atoms with Crippen molar-refractivity contribution in [3.63, 3.8) is 0 Å². The summed E-state index contributed by atoms with van der Waals surface area (Å²) in [7, 11) is 0. The van der Waals surface area contributed by atoms with Gasteiger partial charge in [0.25, 0.3) is 0 Å². The highest BCUT2D eigenvalue weighted by molar-refractivity contribution is 5.72. The molecule has 0 aromatic heterocycles. The third kappa shape index (κ3) is 1.55. The molecule has 0 aliphatic rings. The second kappa shape index (κ2) is 2.95. The van der Waals surface area contributed by atoms with Crippen LogP contribution in [-0.2, 0) is 0 Å². The van der Waals surface area contributed by atoms with Crippen molar-refractivity contribution in [3.8, 4) is 0 Å². The second-order valence-electron chi connectivity index (χ2n) is 1.13. The largest absolute Gasteiger partial charge is 0.384 e. The van der Waals surface area contributed by atoms with Gasteiger partial charge in [-0.25, -0.2) is 0 Å². The topological polar surface area (TPSA) is 75.7 Å². The van der Waals surface area contributed by atoms with Crippen molar-refractivity contribution < 1.29 is 10.1 Å². The first-order valence-corrected chi connectivity index (χ1v) is 2.07. The van der Waals surface area contributed by atoms with Crippen LogP contribution in [0.1, 0.15) is 13.3 Å². The van der Waals surface area contributed by atoms with Gasteiger partial charge in [-0.05, 0) is 4.92 Å². The fourth-order valence-electron chi connectivity index (χ4n) is 0.236. The van der Waals surface area contributed by atoms with E-state index in [0.717, 1.165) is 0 Å². The molecule has 0 rings (SSSR count). The van der Waals surface area contributed by atoms with E-state index in [0.29, 0.717) is 0 Å². The van der Waals surface area contributed by atoms with E-state index in [1.54, 1.807) is 0 Å². The zero-order valence-corrected chi connectivity index (χ0v) is 4.37. The number of rotatable bonds is 1. The van der Waals surface area contributed by atoms with Crippen LogP contribution < -0.4 is 0 Å². The molecule has 0 saturated carbocycles. The lowest BCUT2D eigenvalue weighted by molar-refractivity contribution is -0.355. The minimum atomic E-state index is -0.722. The molecular weight excluding hydrogens is 112 g/mol. The zero-order valence-electron chi connectivity index (χ0n) is 4.37. The van der Waals surface area contributed by atoms with Crippen LogP contribution in [0.5, 0.6) is 0 Å². The molecule has 0 aliphatic carbocycles. The van der Waals surface area contributed by atoms with Crippen LogP contribution in [0.25, 0.3) is 0 Å². The van der Waals surface area contributed by atoms with Gasteiger partial charge in [-0.1, -0.05) is 6.92 Å². The first kappa shape index (κ1) is 6.87. The average Bonchev–Trinajstić information content (AvgIpc) is 1.69. The summed E-state index contributed by atoms with van der Waals surface area (Å²) in [4.78, 5) is 8.95. The van der Waals surface area contributed by atoms with E-state index in [9.17, 15) is 10.1 Å². The third-order valence-corrected chi connectivity index (χ3v) is 0.642. The molecule has 5 heteroatoms. The van der Waals surface area contributed by atoms with Gasteiger partial charge in [0.15, 0.2) is 0 Å². The Morgan fingerprint density at radius 3 is 2.50 bits per heavy atom. The molecule has 0 aromatic rings. The maximum absolute atomic E-state index is 9.68. The smallest absolute Gasteiger partial charge is 0.358 e. The zero-order chi connectivity index (χ0) is 6.57.